The monoisotopic (exact) mass is 201 g/mol. The van der Waals surface area contributed by atoms with Gasteiger partial charge >= 0.3 is 6.61 Å². The van der Waals surface area contributed by atoms with E-state index >= 15 is 0 Å². The van der Waals surface area contributed by atoms with Gasteiger partial charge in [-0.1, -0.05) is 12.1 Å². The summed E-state index contributed by atoms with van der Waals surface area (Å²) in [5, 5.41) is 3.20. The summed E-state index contributed by atoms with van der Waals surface area (Å²) in [7, 11) is 0. The molecule has 4 nitrogen and oxygen atoms in total. The Morgan fingerprint density at radius 3 is 2.57 bits per heavy atom. The summed E-state index contributed by atoms with van der Waals surface area (Å²) in [5.74, 6) is 4.82. The molecule has 0 aromatic heterocycles. The standard InChI is InChI=1S/C8H9F2N3O/c9-8(10)14-6-4-2-1-3-5(6)7(11)13-12/h1-4,8H,12H2,(H2,11,13). The second-order valence-electron chi connectivity index (χ2n) is 2.39. The molecule has 0 aliphatic carbocycles. The van der Waals surface area contributed by atoms with Crippen LogP contribution in [0.1, 0.15) is 5.56 Å². The van der Waals surface area contributed by atoms with Crippen molar-refractivity contribution >= 4 is 5.84 Å². The minimum absolute atomic E-state index is 0.0470. The zero-order valence-corrected chi connectivity index (χ0v) is 7.15. The molecule has 0 spiro atoms. The van der Waals surface area contributed by atoms with Crippen molar-refractivity contribution in [3.8, 4) is 5.75 Å². The Morgan fingerprint density at radius 1 is 1.36 bits per heavy atom. The van der Waals surface area contributed by atoms with Gasteiger partial charge in [0.1, 0.15) is 5.75 Å². The highest BCUT2D eigenvalue weighted by Crippen LogP contribution is 2.19. The Morgan fingerprint density at radius 2 is 2.00 bits per heavy atom. The van der Waals surface area contributed by atoms with Gasteiger partial charge in [0.15, 0.2) is 5.84 Å². The van der Waals surface area contributed by atoms with E-state index in [2.05, 4.69) is 9.84 Å². The number of hydrogen-bond acceptors (Lipinski definition) is 3. The number of benzene rings is 1. The summed E-state index contributed by atoms with van der Waals surface area (Å²) < 4.78 is 28.1. The van der Waals surface area contributed by atoms with Crippen LogP contribution in [0, 0.1) is 0 Å². The minimum Gasteiger partial charge on any atom is -0.434 e. The number of nitrogens with zero attached hydrogens (tertiary/aromatic N) is 1. The molecule has 0 unspecified atom stereocenters. The molecule has 0 aliphatic heterocycles. The van der Waals surface area contributed by atoms with E-state index in [9.17, 15) is 8.78 Å². The summed E-state index contributed by atoms with van der Waals surface area (Å²) in [6.45, 7) is -2.90. The predicted molar refractivity (Wildman–Crippen MR) is 48.0 cm³/mol. The second kappa shape index (κ2) is 4.40. The first-order valence-corrected chi connectivity index (χ1v) is 3.72. The van der Waals surface area contributed by atoms with Gasteiger partial charge in [-0.25, -0.2) is 0 Å². The average Bonchev–Trinajstić information content (AvgIpc) is 2.16. The van der Waals surface area contributed by atoms with Gasteiger partial charge in [-0.3, -0.25) is 0 Å². The maximum Gasteiger partial charge on any atom is 0.387 e. The molecule has 76 valence electrons. The fourth-order valence-electron chi connectivity index (χ4n) is 0.947. The van der Waals surface area contributed by atoms with Crippen LogP contribution in [0.2, 0.25) is 0 Å². The number of rotatable bonds is 3. The number of hydrazone groups is 1. The van der Waals surface area contributed by atoms with Crippen molar-refractivity contribution < 1.29 is 13.5 Å². The van der Waals surface area contributed by atoms with Gasteiger partial charge < -0.3 is 16.3 Å². The Labute approximate surface area is 79.2 Å². The SMILES string of the molecule is N/N=C(/N)c1ccccc1OC(F)F. The van der Waals surface area contributed by atoms with Crippen LogP contribution in [0.15, 0.2) is 29.4 Å². The van der Waals surface area contributed by atoms with Crippen LogP contribution >= 0.6 is 0 Å². The highest BCUT2D eigenvalue weighted by Gasteiger charge is 2.10. The van der Waals surface area contributed by atoms with E-state index in [-0.39, 0.29) is 17.1 Å². The van der Waals surface area contributed by atoms with E-state index < -0.39 is 6.61 Å². The van der Waals surface area contributed by atoms with Crippen LogP contribution in [0.5, 0.6) is 5.75 Å². The number of ether oxygens (including phenoxy) is 1. The molecule has 0 bridgehead atoms. The molecule has 0 fully saturated rings. The van der Waals surface area contributed by atoms with E-state index in [0.717, 1.165) is 0 Å². The van der Waals surface area contributed by atoms with E-state index in [0.29, 0.717) is 0 Å². The maximum atomic E-state index is 11.9. The Hall–Kier alpha value is -1.85. The lowest BCUT2D eigenvalue weighted by Crippen LogP contribution is -2.17. The maximum absolute atomic E-state index is 11.9. The summed E-state index contributed by atoms with van der Waals surface area (Å²) in [6.07, 6.45) is 0. The number of nitrogens with two attached hydrogens (primary N) is 2. The highest BCUT2D eigenvalue weighted by molar-refractivity contribution is 5.99. The molecule has 1 rings (SSSR count). The van der Waals surface area contributed by atoms with Crippen LogP contribution in [0.3, 0.4) is 0 Å². The Balaban J connectivity index is 3.03. The predicted octanol–water partition coefficient (Wildman–Crippen LogP) is 0.867. The molecule has 0 amide bonds. The molecular weight excluding hydrogens is 192 g/mol. The van der Waals surface area contributed by atoms with Crippen molar-refractivity contribution in [2.24, 2.45) is 16.7 Å². The van der Waals surface area contributed by atoms with Crippen LogP contribution in [0.4, 0.5) is 8.78 Å². The Kier molecular flexibility index (Phi) is 3.22. The first-order valence-electron chi connectivity index (χ1n) is 3.72. The molecule has 6 heteroatoms. The van der Waals surface area contributed by atoms with E-state index in [4.69, 9.17) is 11.6 Å². The van der Waals surface area contributed by atoms with Gasteiger partial charge in [0.2, 0.25) is 0 Å². The summed E-state index contributed by atoms with van der Waals surface area (Å²) in [6, 6.07) is 6.01. The molecule has 0 atom stereocenters. The van der Waals surface area contributed by atoms with Gasteiger partial charge in [-0.2, -0.15) is 13.9 Å². The largest absolute Gasteiger partial charge is 0.434 e. The lowest BCUT2D eigenvalue weighted by atomic mass is 10.2. The molecule has 1 aromatic carbocycles. The van der Waals surface area contributed by atoms with E-state index in [1.807, 2.05) is 0 Å². The normalized spacial score (nSPS) is 11.8. The van der Waals surface area contributed by atoms with Crippen LogP contribution in [0.25, 0.3) is 0 Å². The number of halogens is 2. The third-order valence-corrected chi connectivity index (χ3v) is 1.52. The van der Waals surface area contributed by atoms with Crippen molar-refractivity contribution in [3.05, 3.63) is 29.8 Å². The molecule has 0 radical (unpaired) electrons. The molecule has 0 saturated heterocycles. The van der Waals surface area contributed by atoms with Gasteiger partial charge in [0.25, 0.3) is 0 Å². The summed E-state index contributed by atoms with van der Waals surface area (Å²) >= 11 is 0. The number of para-hydroxylation sites is 1. The molecule has 4 N–H and O–H groups in total. The molecule has 1 aromatic rings. The first kappa shape index (κ1) is 10.2. The quantitative estimate of drug-likeness (QED) is 0.330. The molecular formula is C8H9F2N3O. The third kappa shape index (κ3) is 2.32. The van der Waals surface area contributed by atoms with Crippen molar-refractivity contribution in [2.45, 2.75) is 6.61 Å². The van der Waals surface area contributed by atoms with Crippen LogP contribution in [-0.2, 0) is 0 Å². The second-order valence-corrected chi connectivity index (χ2v) is 2.39. The van der Waals surface area contributed by atoms with E-state index in [1.54, 1.807) is 12.1 Å². The smallest absolute Gasteiger partial charge is 0.387 e. The summed E-state index contributed by atoms with van der Waals surface area (Å²) in [4.78, 5) is 0. The topological polar surface area (TPSA) is 73.6 Å². The Bertz CT molecular complexity index is 341. The molecule has 0 heterocycles. The number of amidine groups is 1. The van der Waals surface area contributed by atoms with Gasteiger partial charge in [-0.05, 0) is 12.1 Å². The fourth-order valence-corrected chi connectivity index (χ4v) is 0.947. The zero-order chi connectivity index (χ0) is 10.6. The third-order valence-electron chi connectivity index (χ3n) is 1.52. The van der Waals surface area contributed by atoms with Gasteiger partial charge in [0.05, 0.1) is 5.56 Å². The van der Waals surface area contributed by atoms with Crippen molar-refractivity contribution in [2.75, 3.05) is 0 Å². The van der Waals surface area contributed by atoms with E-state index in [1.165, 1.54) is 12.1 Å². The summed E-state index contributed by atoms with van der Waals surface area (Å²) in [5.41, 5.74) is 5.62. The molecule has 14 heavy (non-hydrogen) atoms. The average molecular weight is 201 g/mol. The number of alkyl halides is 2. The molecule has 0 aliphatic rings. The minimum atomic E-state index is -2.90. The van der Waals surface area contributed by atoms with Crippen molar-refractivity contribution in [1.82, 2.24) is 0 Å². The van der Waals surface area contributed by atoms with Gasteiger partial charge in [0, 0.05) is 0 Å². The van der Waals surface area contributed by atoms with Crippen LogP contribution in [-0.4, -0.2) is 12.4 Å². The highest BCUT2D eigenvalue weighted by atomic mass is 19.3. The lowest BCUT2D eigenvalue weighted by molar-refractivity contribution is -0.0499. The van der Waals surface area contributed by atoms with Crippen LogP contribution < -0.4 is 16.3 Å². The number of hydrogen-bond donors (Lipinski definition) is 2. The lowest BCUT2D eigenvalue weighted by Gasteiger charge is -2.08. The first-order chi connectivity index (χ1) is 6.65. The fraction of sp³-hybridized carbons (Fsp3) is 0.125. The molecule has 0 saturated carbocycles. The zero-order valence-electron chi connectivity index (χ0n) is 7.15. The van der Waals surface area contributed by atoms with Crippen molar-refractivity contribution in [3.63, 3.8) is 0 Å². The van der Waals surface area contributed by atoms with Gasteiger partial charge in [-0.15, -0.1) is 0 Å². The van der Waals surface area contributed by atoms with Crippen molar-refractivity contribution in [1.29, 1.82) is 0 Å².